The molecule has 0 spiro atoms. The van der Waals surface area contributed by atoms with Gasteiger partial charge in [0.2, 0.25) is 0 Å². The van der Waals surface area contributed by atoms with Crippen molar-refractivity contribution in [3.63, 3.8) is 0 Å². The predicted molar refractivity (Wildman–Crippen MR) is 298 cm³/mol. The van der Waals surface area contributed by atoms with Crippen LogP contribution < -0.4 is 0 Å². The molecular weight excluding hydrogens is 849 g/mol. The molecule has 13 aromatic rings. The first-order chi connectivity index (χ1) is 34.6. The molecule has 0 atom stereocenters. The van der Waals surface area contributed by atoms with E-state index in [2.05, 4.69) is 246 Å². The minimum Gasteiger partial charge on any atom is -0.456 e. The van der Waals surface area contributed by atoms with Crippen LogP contribution >= 0.6 is 0 Å². The summed E-state index contributed by atoms with van der Waals surface area (Å²) in [6, 6.07) is 83.4. The summed E-state index contributed by atoms with van der Waals surface area (Å²) in [6.45, 7) is 5.49. The van der Waals surface area contributed by atoms with E-state index in [1.807, 2.05) is 31.2 Å². The van der Waals surface area contributed by atoms with E-state index in [1.54, 1.807) is 6.08 Å². The summed E-state index contributed by atoms with van der Waals surface area (Å²) in [5.41, 5.74) is 18.1. The molecule has 332 valence electrons. The lowest BCUT2D eigenvalue weighted by molar-refractivity contribution is 0.669. The lowest BCUT2D eigenvalue weighted by atomic mass is 10.0. The highest BCUT2D eigenvalue weighted by atomic mass is 16.3. The summed E-state index contributed by atoms with van der Waals surface area (Å²) in [4.78, 5) is 0. The second-order valence-corrected chi connectivity index (χ2v) is 17.6. The van der Waals surface area contributed by atoms with Crippen molar-refractivity contribution in [3.05, 3.63) is 267 Å². The van der Waals surface area contributed by atoms with Crippen LogP contribution in [0.3, 0.4) is 0 Å². The molecule has 0 unspecified atom stereocenters. The van der Waals surface area contributed by atoms with Gasteiger partial charge in [0.1, 0.15) is 11.2 Å². The molecule has 3 heterocycles. The van der Waals surface area contributed by atoms with E-state index in [4.69, 9.17) is 4.42 Å². The van der Waals surface area contributed by atoms with Gasteiger partial charge in [0.05, 0.1) is 33.1 Å². The highest BCUT2D eigenvalue weighted by Crippen LogP contribution is 2.43. The molecule has 0 aliphatic carbocycles. The van der Waals surface area contributed by atoms with Crippen molar-refractivity contribution < 1.29 is 4.42 Å². The normalized spacial score (nSPS) is 11.7. The van der Waals surface area contributed by atoms with Gasteiger partial charge in [-0.3, -0.25) is 0 Å². The fourth-order valence-electron chi connectivity index (χ4n) is 10.2. The molecule has 0 saturated heterocycles. The third kappa shape index (κ3) is 7.51. The molecule has 0 bridgehead atoms. The van der Waals surface area contributed by atoms with Gasteiger partial charge in [-0.2, -0.15) is 0 Å². The summed E-state index contributed by atoms with van der Waals surface area (Å²) in [6.07, 6.45) is 9.51. The summed E-state index contributed by atoms with van der Waals surface area (Å²) in [5.74, 6) is 0. The SMILES string of the molecule is C=C/C=C\C=C/C.c1ccc(-c2ccc3c(c2)c2cc(-c4ccccc4)ccc2n3-c2ccc3oc4cccc(-n5c6ccc(-c7ccccc7)cc6c6cc(-c7ccccc7)ccc65)c4c3c2)cc1. The smallest absolute Gasteiger partial charge is 0.137 e. The third-order valence-electron chi connectivity index (χ3n) is 13.5. The Bertz CT molecular complexity index is 3920. The fourth-order valence-corrected chi connectivity index (χ4v) is 10.2. The zero-order valence-electron chi connectivity index (χ0n) is 38.8. The minimum absolute atomic E-state index is 0.859. The van der Waals surface area contributed by atoms with Gasteiger partial charge in [-0.1, -0.05) is 189 Å². The number of hydrogen-bond acceptors (Lipinski definition) is 1. The molecule has 70 heavy (non-hydrogen) atoms. The van der Waals surface area contributed by atoms with Crippen molar-refractivity contribution in [2.75, 3.05) is 0 Å². The van der Waals surface area contributed by atoms with Gasteiger partial charge in [0, 0.05) is 32.6 Å². The average Bonchev–Trinajstić information content (AvgIpc) is 4.08. The maximum Gasteiger partial charge on any atom is 0.137 e. The van der Waals surface area contributed by atoms with Crippen LogP contribution in [0.25, 0.3) is 121 Å². The first kappa shape index (κ1) is 42.2. The quantitative estimate of drug-likeness (QED) is 0.139. The van der Waals surface area contributed by atoms with Crippen molar-refractivity contribution in [1.29, 1.82) is 0 Å². The number of aromatic nitrogens is 2. The molecule has 0 amide bonds. The number of furan rings is 1. The van der Waals surface area contributed by atoms with E-state index < -0.39 is 0 Å². The van der Waals surface area contributed by atoms with Gasteiger partial charge in [-0.05, 0) is 130 Å². The van der Waals surface area contributed by atoms with Crippen molar-refractivity contribution >= 4 is 65.6 Å². The van der Waals surface area contributed by atoms with Crippen molar-refractivity contribution in [2.45, 2.75) is 6.92 Å². The number of rotatable bonds is 8. The van der Waals surface area contributed by atoms with Crippen LogP contribution in [0.1, 0.15) is 6.92 Å². The maximum absolute atomic E-state index is 6.72. The van der Waals surface area contributed by atoms with E-state index in [9.17, 15) is 0 Å². The Morgan fingerprint density at radius 2 is 0.771 bits per heavy atom. The molecule has 3 nitrogen and oxygen atoms in total. The van der Waals surface area contributed by atoms with Gasteiger partial charge in [0.25, 0.3) is 0 Å². The molecule has 0 fully saturated rings. The number of hydrogen-bond donors (Lipinski definition) is 0. The third-order valence-corrected chi connectivity index (χ3v) is 13.5. The molecule has 3 aromatic heterocycles. The zero-order valence-corrected chi connectivity index (χ0v) is 38.8. The second-order valence-electron chi connectivity index (χ2n) is 17.6. The highest BCUT2D eigenvalue weighted by Gasteiger charge is 2.21. The summed E-state index contributed by atoms with van der Waals surface area (Å²) in [5, 5.41) is 7.03. The Morgan fingerprint density at radius 1 is 0.343 bits per heavy atom. The molecule has 0 aliphatic rings. The number of fused-ring (bicyclic) bond motifs is 9. The number of allylic oxidation sites excluding steroid dienone is 5. The Labute approximate surface area is 407 Å². The molecule has 0 aliphatic heterocycles. The van der Waals surface area contributed by atoms with Gasteiger partial charge >= 0.3 is 0 Å². The van der Waals surface area contributed by atoms with Crippen molar-refractivity contribution in [3.8, 4) is 55.9 Å². The van der Waals surface area contributed by atoms with Crippen LogP contribution in [-0.2, 0) is 0 Å². The van der Waals surface area contributed by atoms with E-state index in [0.29, 0.717) is 0 Å². The van der Waals surface area contributed by atoms with E-state index in [1.165, 1.54) is 66.1 Å². The average molecular weight is 897 g/mol. The van der Waals surface area contributed by atoms with Crippen LogP contribution in [0.4, 0.5) is 0 Å². The van der Waals surface area contributed by atoms with E-state index in [-0.39, 0.29) is 0 Å². The van der Waals surface area contributed by atoms with Crippen LogP contribution in [-0.4, -0.2) is 9.13 Å². The first-order valence-corrected chi connectivity index (χ1v) is 23.9. The van der Waals surface area contributed by atoms with Gasteiger partial charge in [-0.15, -0.1) is 0 Å². The Hall–Kier alpha value is -9.18. The predicted octanol–water partition coefficient (Wildman–Crippen LogP) is 18.8. The van der Waals surface area contributed by atoms with Crippen LogP contribution in [0, 0.1) is 0 Å². The topological polar surface area (TPSA) is 23.0 Å². The first-order valence-electron chi connectivity index (χ1n) is 23.9. The number of nitrogens with zero attached hydrogens (tertiary/aromatic N) is 2. The van der Waals surface area contributed by atoms with Crippen molar-refractivity contribution in [1.82, 2.24) is 9.13 Å². The monoisotopic (exact) mass is 896 g/mol. The second kappa shape index (κ2) is 18.1. The van der Waals surface area contributed by atoms with Gasteiger partial charge in [0.15, 0.2) is 0 Å². The van der Waals surface area contributed by atoms with Crippen LogP contribution in [0.2, 0.25) is 0 Å². The van der Waals surface area contributed by atoms with E-state index in [0.717, 1.165) is 55.4 Å². The van der Waals surface area contributed by atoms with Crippen molar-refractivity contribution in [2.24, 2.45) is 0 Å². The Kier molecular flexibility index (Phi) is 10.9. The minimum atomic E-state index is 0.859. The molecule has 3 heteroatoms. The highest BCUT2D eigenvalue weighted by molar-refractivity contribution is 6.17. The zero-order chi connectivity index (χ0) is 47.0. The molecule has 0 N–H and O–H groups in total. The Morgan fingerprint density at radius 3 is 1.19 bits per heavy atom. The fraction of sp³-hybridized carbons (Fsp3) is 0.0149. The molecular formula is C67H48N2O. The standard InChI is InChI=1S/C60H38N2O.C7H10/c1-5-14-39(15-6-1)43-24-29-53-48(34-43)49-35-44(40-16-7-2-8-17-40)25-30-54(49)61(53)47-28-33-58-52(38-47)60-57(22-13-23-59(60)63-58)62-55-31-26-45(41-18-9-3-10-19-41)36-50(55)51-37-46(27-32-56(51)62)42-20-11-4-12-21-42;1-3-5-7-6-4-2/h1-38H;3-7H,1H2,2H3/b;6-4-,7-5-. The summed E-state index contributed by atoms with van der Waals surface area (Å²) in [7, 11) is 0. The van der Waals surface area contributed by atoms with Gasteiger partial charge in [-0.25, -0.2) is 0 Å². The summed E-state index contributed by atoms with van der Waals surface area (Å²) >= 11 is 0. The van der Waals surface area contributed by atoms with E-state index >= 15 is 0 Å². The van der Waals surface area contributed by atoms with Crippen LogP contribution in [0.15, 0.2) is 272 Å². The maximum atomic E-state index is 6.72. The molecule has 0 radical (unpaired) electrons. The molecule has 0 saturated carbocycles. The molecule has 10 aromatic carbocycles. The van der Waals surface area contributed by atoms with Gasteiger partial charge < -0.3 is 13.6 Å². The number of benzene rings is 10. The van der Waals surface area contributed by atoms with Crippen LogP contribution in [0.5, 0.6) is 0 Å². The molecule has 13 rings (SSSR count). The lowest BCUT2D eigenvalue weighted by Gasteiger charge is -2.11. The Balaban J connectivity index is 0.000000674. The summed E-state index contributed by atoms with van der Waals surface area (Å²) < 4.78 is 11.6. The lowest BCUT2D eigenvalue weighted by Crippen LogP contribution is -1.96. The largest absolute Gasteiger partial charge is 0.456 e.